The lowest BCUT2D eigenvalue weighted by Gasteiger charge is -2.14. The van der Waals surface area contributed by atoms with Crippen molar-refractivity contribution >= 4 is 27.5 Å². The molecule has 176 valence electrons. The van der Waals surface area contributed by atoms with Crippen LogP contribution in [0, 0.1) is 5.82 Å². The Morgan fingerprint density at radius 1 is 1.00 bits per heavy atom. The number of hydrogen-bond donors (Lipinski definition) is 1. The topological polar surface area (TPSA) is 93.9 Å². The molecule has 0 aliphatic carbocycles. The van der Waals surface area contributed by atoms with Gasteiger partial charge in [-0.05, 0) is 30.3 Å². The molecule has 0 fully saturated rings. The van der Waals surface area contributed by atoms with Crippen LogP contribution in [0.2, 0.25) is 5.02 Å². The second-order valence-corrected chi connectivity index (χ2v) is 8.31. The van der Waals surface area contributed by atoms with E-state index in [9.17, 15) is 43.9 Å². The molecule has 0 spiro atoms. The second-order valence-electron chi connectivity index (χ2n) is 6.22. The van der Waals surface area contributed by atoms with Gasteiger partial charge in [0.05, 0.1) is 10.5 Å². The van der Waals surface area contributed by atoms with E-state index in [2.05, 4.69) is 10.3 Å². The van der Waals surface area contributed by atoms with Crippen LogP contribution in [0.4, 0.5) is 30.7 Å². The molecule has 0 radical (unpaired) electrons. The Hall–Kier alpha value is -3.20. The fourth-order valence-electron chi connectivity index (χ4n) is 2.67. The second kappa shape index (κ2) is 8.30. The van der Waals surface area contributed by atoms with Crippen LogP contribution in [-0.4, -0.2) is 29.3 Å². The first kappa shape index (κ1) is 24.4. The number of sulfonamides is 1. The van der Waals surface area contributed by atoms with E-state index in [1.165, 1.54) is 0 Å². The Labute approximate surface area is 184 Å². The molecular weight excluding hydrogens is 509 g/mol. The molecule has 1 heterocycles. The molecule has 0 aliphatic rings. The molecule has 16 heteroatoms. The molecule has 7 nitrogen and oxygen atoms in total. The Balaban J connectivity index is 2.08. The van der Waals surface area contributed by atoms with Gasteiger partial charge in [0, 0.05) is 5.02 Å². The normalized spacial score (nSPS) is 12.6. The average Bonchev–Trinajstić information content (AvgIpc) is 3.12. The van der Waals surface area contributed by atoms with Gasteiger partial charge in [0.2, 0.25) is 0 Å². The van der Waals surface area contributed by atoms with E-state index in [-0.39, 0.29) is 9.70 Å². The van der Waals surface area contributed by atoms with Gasteiger partial charge in [-0.25, -0.2) is 22.2 Å². The first-order chi connectivity index (χ1) is 15.1. The van der Waals surface area contributed by atoms with Crippen molar-refractivity contribution < 1.29 is 43.9 Å². The molecule has 3 aromatic rings. The lowest BCUT2D eigenvalue weighted by Crippen LogP contribution is -2.34. The third-order valence-electron chi connectivity index (χ3n) is 4.00. The van der Waals surface area contributed by atoms with Gasteiger partial charge in [-0.3, -0.25) is 4.79 Å². The van der Waals surface area contributed by atoms with Gasteiger partial charge < -0.3 is 0 Å². The maximum Gasteiger partial charge on any atom is 0.435 e. The molecule has 0 unspecified atom stereocenters. The van der Waals surface area contributed by atoms with Gasteiger partial charge in [-0.1, -0.05) is 28.9 Å². The van der Waals surface area contributed by atoms with Gasteiger partial charge in [0.1, 0.15) is 11.5 Å². The Morgan fingerprint density at radius 3 is 2.21 bits per heavy atom. The zero-order valence-corrected chi connectivity index (χ0v) is 17.1. The van der Waals surface area contributed by atoms with E-state index in [4.69, 9.17) is 11.6 Å². The minimum Gasteiger partial charge on any atom is -0.266 e. The number of benzene rings is 2. The summed E-state index contributed by atoms with van der Waals surface area (Å²) in [5.41, 5.74) is -6.08. The van der Waals surface area contributed by atoms with Crippen LogP contribution in [0.25, 0.3) is 5.69 Å². The van der Waals surface area contributed by atoms with Crippen LogP contribution in [0.5, 0.6) is 0 Å². The van der Waals surface area contributed by atoms with Crippen molar-refractivity contribution in [2.45, 2.75) is 17.2 Å². The number of rotatable bonds is 4. The molecule has 0 saturated heterocycles. The monoisotopic (exact) mass is 516 g/mol. The minimum absolute atomic E-state index is 0.114. The predicted molar refractivity (Wildman–Crippen MR) is 97.4 cm³/mol. The maximum absolute atomic E-state index is 14.1. The molecule has 0 saturated carbocycles. The van der Waals surface area contributed by atoms with E-state index in [1.54, 1.807) is 0 Å². The quantitative estimate of drug-likeness (QED) is 0.524. The minimum atomic E-state index is -5.41. The zero-order chi connectivity index (χ0) is 24.8. The first-order valence-electron chi connectivity index (χ1n) is 8.34. The van der Waals surface area contributed by atoms with E-state index < -0.39 is 61.6 Å². The van der Waals surface area contributed by atoms with Crippen molar-refractivity contribution in [3.05, 3.63) is 70.3 Å². The number of carbonyl (C=O) groups excluding carboxylic acids is 1. The standard InChI is InChI=1S/C17H8ClF7N4O3S/c18-8-5-6-11(10(19)7-8)29-14(17(23,24)25)13(26-28-29)15(30)27-33(31,32)12-4-2-1-3-9(12)16(20,21)22/h1-7H,(H,27,30). The zero-order valence-electron chi connectivity index (χ0n) is 15.5. The van der Waals surface area contributed by atoms with Gasteiger partial charge in [0.15, 0.2) is 11.4 Å². The summed E-state index contributed by atoms with van der Waals surface area (Å²) in [4.78, 5) is 10.9. The van der Waals surface area contributed by atoms with Crippen molar-refractivity contribution in [1.29, 1.82) is 0 Å². The number of amides is 1. The van der Waals surface area contributed by atoms with Gasteiger partial charge in [-0.2, -0.15) is 26.3 Å². The lowest BCUT2D eigenvalue weighted by molar-refractivity contribution is -0.143. The lowest BCUT2D eigenvalue weighted by atomic mass is 10.2. The molecule has 1 amide bonds. The van der Waals surface area contributed by atoms with Crippen molar-refractivity contribution in [3.8, 4) is 5.69 Å². The molecular formula is C17H8ClF7N4O3S. The van der Waals surface area contributed by atoms with Crippen molar-refractivity contribution in [2.75, 3.05) is 0 Å². The molecule has 0 aliphatic heterocycles. The number of hydrogen-bond acceptors (Lipinski definition) is 5. The van der Waals surface area contributed by atoms with Gasteiger partial charge >= 0.3 is 12.4 Å². The van der Waals surface area contributed by atoms with Crippen LogP contribution >= 0.6 is 11.6 Å². The fraction of sp³-hybridized carbons (Fsp3) is 0.118. The summed E-state index contributed by atoms with van der Waals surface area (Å²) in [6.45, 7) is 0. The maximum atomic E-state index is 14.1. The number of aromatic nitrogens is 3. The van der Waals surface area contributed by atoms with Crippen molar-refractivity contribution in [1.82, 2.24) is 19.7 Å². The first-order valence-corrected chi connectivity index (χ1v) is 10.2. The van der Waals surface area contributed by atoms with Crippen LogP contribution in [0.1, 0.15) is 21.7 Å². The summed E-state index contributed by atoms with van der Waals surface area (Å²) in [5, 5.41) is 5.85. The number of halogens is 8. The number of carbonyl (C=O) groups is 1. The Kier molecular flexibility index (Phi) is 6.14. The highest BCUT2D eigenvalue weighted by molar-refractivity contribution is 7.90. The molecule has 3 rings (SSSR count). The van der Waals surface area contributed by atoms with Crippen LogP contribution in [0.3, 0.4) is 0 Å². The van der Waals surface area contributed by atoms with Crippen molar-refractivity contribution in [3.63, 3.8) is 0 Å². The molecule has 33 heavy (non-hydrogen) atoms. The SMILES string of the molecule is O=C(NS(=O)(=O)c1ccccc1C(F)(F)F)c1nnn(-c2ccc(Cl)cc2F)c1C(F)(F)F. The van der Waals surface area contributed by atoms with Crippen LogP contribution in [-0.2, 0) is 22.4 Å². The van der Waals surface area contributed by atoms with Crippen LogP contribution < -0.4 is 4.72 Å². The summed E-state index contributed by atoms with van der Waals surface area (Å²) in [6.07, 6.45) is -10.6. The Bertz CT molecular complexity index is 1340. The average molecular weight is 517 g/mol. The summed E-state index contributed by atoms with van der Waals surface area (Å²) in [6, 6.07) is 5.15. The predicted octanol–water partition coefficient (Wildman–Crippen LogP) is 4.22. The van der Waals surface area contributed by atoms with E-state index >= 15 is 0 Å². The third-order valence-corrected chi connectivity index (χ3v) is 5.63. The summed E-state index contributed by atoms with van der Waals surface area (Å²) < 4.78 is 120. The van der Waals surface area contributed by atoms with Gasteiger partial charge in [-0.15, -0.1) is 5.10 Å². The number of nitrogens with zero attached hydrogens (tertiary/aromatic N) is 3. The van der Waals surface area contributed by atoms with E-state index in [1.807, 2.05) is 0 Å². The number of alkyl halides is 6. The molecule has 0 atom stereocenters. The third kappa shape index (κ3) is 4.93. The molecule has 1 N–H and O–H groups in total. The smallest absolute Gasteiger partial charge is 0.266 e. The summed E-state index contributed by atoms with van der Waals surface area (Å²) in [5.74, 6) is -3.32. The molecule has 2 aromatic carbocycles. The largest absolute Gasteiger partial charge is 0.435 e. The number of nitrogens with one attached hydrogen (secondary N) is 1. The highest BCUT2D eigenvalue weighted by atomic mass is 35.5. The summed E-state index contributed by atoms with van der Waals surface area (Å²) in [7, 11) is -5.31. The highest BCUT2D eigenvalue weighted by Crippen LogP contribution is 2.35. The summed E-state index contributed by atoms with van der Waals surface area (Å²) >= 11 is 5.55. The highest BCUT2D eigenvalue weighted by Gasteiger charge is 2.44. The Morgan fingerprint density at radius 2 is 1.64 bits per heavy atom. The molecule has 0 bridgehead atoms. The van der Waals surface area contributed by atoms with Crippen LogP contribution in [0.15, 0.2) is 47.4 Å². The molecule has 1 aromatic heterocycles. The van der Waals surface area contributed by atoms with Gasteiger partial charge in [0.25, 0.3) is 15.9 Å². The fourth-order valence-corrected chi connectivity index (χ4v) is 4.01. The van der Waals surface area contributed by atoms with Crippen molar-refractivity contribution in [2.24, 2.45) is 0 Å². The van der Waals surface area contributed by atoms with E-state index in [0.717, 1.165) is 29.0 Å². The van der Waals surface area contributed by atoms with E-state index in [0.29, 0.717) is 18.2 Å².